The number of aliphatic hydroxyl groups excluding tert-OH is 1. The van der Waals surface area contributed by atoms with Gasteiger partial charge in [0.1, 0.15) is 0 Å². The largest absolute Gasteiger partial charge is 0.387 e. The first-order valence-corrected chi connectivity index (χ1v) is 12.1. The molecule has 0 spiro atoms. The molecule has 4 nitrogen and oxygen atoms in total. The fourth-order valence-electron chi connectivity index (χ4n) is 5.33. The van der Waals surface area contributed by atoms with E-state index in [1.54, 1.807) is 0 Å². The van der Waals surface area contributed by atoms with Crippen LogP contribution in [0.2, 0.25) is 0 Å². The van der Waals surface area contributed by atoms with Crippen molar-refractivity contribution in [2.24, 2.45) is 11.8 Å². The first-order chi connectivity index (χ1) is 15.3. The number of nitrogens with zero attached hydrogens (tertiary/aromatic N) is 2. The summed E-state index contributed by atoms with van der Waals surface area (Å²) in [6.07, 6.45) is 4.65. The lowest BCUT2D eigenvalue weighted by molar-refractivity contribution is 0.00838. The first-order valence-electron chi connectivity index (χ1n) is 12.1. The lowest BCUT2D eigenvalue weighted by Crippen LogP contribution is -2.53. The minimum atomic E-state index is -0.375. The van der Waals surface area contributed by atoms with Crippen LogP contribution < -0.4 is 0 Å². The standard InChI is InChI=1S/C27H38N2O2/c30-27(26-12-6-2-7-13-26)21-29-19-24-16-25(20-29)18-28(17-24)14-8-3-9-15-31-22-23-10-4-1-5-11-23/h1-2,4-7,10-13,24-25,27,30H,3,8-9,14-22H2/t24-,25?,27-/m0/s1. The van der Waals surface area contributed by atoms with E-state index in [2.05, 4.69) is 34.1 Å². The molecule has 0 aromatic heterocycles. The summed E-state index contributed by atoms with van der Waals surface area (Å²) in [5, 5.41) is 10.6. The van der Waals surface area contributed by atoms with Gasteiger partial charge in [0.25, 0.3) is 0 Å². The van der Waals surface area contributed by atoms with Crippen molar-refractivity contribution in [2.75, 3.05) is 45.9 Å². The highest BCUT2D eigenvalue weighted by atomic mass is 16.5. The van der Waals surface area contributed by atoms with E-state index in [9.17, 15) is 5.11 Å². The Morgan fingerprint density at radius 1 is 0.806 bits per heavy atom. The molecule has 2 aliphatic heterocycles. The minimum absolute atomic E-state index is 0.375. The average Bonchev–Trinajstić information content (AvgIpc) is 2.79. The number of likely N-dealkylation sites (tertiary alicyclic amines) is 2. The molecule has 31 heavy (non-hydrogen) atoms. The van der Waals surface area contributed by atoms with Crippen LogP contribution >= 0.6 is 0 Å². The summed E-state index contributed by atoms with van der Waals surface area (Å²) in [5.41, 5.74) is 2.29. The number of benzene rings is 2. The lowest BCUT2D eigenvalue weighted by atomic mass is 9.84. The monoisotopic (exact) mass is 422 g/mol. The third-order valence-corrected chi connectivity index (χ3v) is 6.72. The van der Waals surface area contributed by atoms with Crippen molar-refractivity contribution in [3.63, 3.8) is 0 Å². The average molecular weight is 423 g/mol. The number of piperidine rings is 2. The predicted molar refractivity (Wildman–Crippen MR) is 126 cm³/mol. The Morgan fingerprint density at radius 2 is 1.45 bits per heavy atom. The van der Waals surface area contributed by atoms with E-state index < -0.39 is 0 Å². The van der Waals surface area contributed by atoms with Gasteiger partial charge in [-0.25, -0.2) is 0 Å². The molecule has 0 radical (unpaired) electrons. The molecule has 2 aromatic rings. The zero-order valence-corrected chi connectivity index (χ0v) is 18.7. The third-order valence-electron chi connectivity index (χ3n) is 6.72. The second-order valence-corrected chi connectivity index (χ2v) is 9.47. The van der Waals surface area contributed by atoms with Crippen LogP contribution in [0.1, 0.15) is 42.9 Å². The maximum atomic E-state index is 10.6. The molecule has 1 unspecified atom stereocenters. The van der Waals surface area contributed by atoms with E-state index in [1.807, 2.05) is 36.4 Å². The number of unbranched alkanes of at least 4 members (excludes halogenated alkanes) is 2. The van der Waals surface area contributed by atoms with E-state index in [0.29, 0.717) is 0 Å². The lowest BCUT2D eigenvalue weighted by Gasteiger charge is -2.46. The van der Waals surface area contributed by atoms with Crippen LogP contribution in [0.3, 0.4) is 0 Å². The molecule has 168 valence electrons. The van der Waals surface area contributed by atoms with Gasteiger partial charge in [-0.15, -0.1) is 0 Å². The molecule has 1 N–H and O–H groups in total. The Morgan fingerprint density at radius 3 is 2.16 bits per heavy atom. The van der Waals surface area contributed by atoms with Gasteiger partial charge in [0.2, 0.25) is 0 Å². The van der Waals surface area contributed by atoms with Crippen molar-refractivity contribution in [3.8, 4) is 0 Å². The van der Waals surface area contributed by atoms with Crippen molar-refractivity contribution in [1.29, 1.82) is 0 Å². The van der Waals surface area contributed by atoms with Crippen LogP contribution in [0, 0.1) is 11.8 Å². The number of aliphatic hydroxyl groups is 1. The molecule has 3 atom stereocenters. The molecular weight excluding hydrogens is 384 g/mol. The molecule has 0 amide bonds. The predicted octanol–water partition coefficient (Wildman–Crippen LogP) is 4.36. The second kappa shape index (κ2) is 11.8. The van der Waals surface area contributed by atoms with Gasteiger partial charge >= 0.3 is 0 Å². The topological polar surface area (TPSA) is 35.9 Å². The van der Waals surface area contributed by atoms with Crippen molar-refractivity contribution in [2.45, 2.75) is 38.4 Å². The Labute approximate surface area is 187 Å². The summed E-state index contributed by atoms with van der Waals surface area (Å²) in [4.78, 5) is 5.19. The summed E-state index contributed by atoms with van der Waals surface area (Å²) in [5.74, 6) is 1.51. The van der Waals surface area contributed by atoms with Gasteiger partial charge < -0.3 is 14.7 Å². The fourth-order valence-corrected chi connectivity index (χ4v) is 5.33. The Bertz CT molecular complexity index is 740. The van der Waals surface area contributed by atoms with Gasteiger partial charge in [0.05, 0.1) is 12.7 Å². The van der Waals surface area contributed by atoms with Gasteiger partial charge in [-0.2, -0.15) is 0 Å². The summed E-state index contributed by atoms with van der Waals surface area (Å²) in [7, 11) is 0. The Balaban J connectivity index is 1.09. The van der Waals surface area contributed by atoms with Crippen molar-refractivity contribution in [1.82, 2.24) is 9.80 Å². The zero-order valence-electron chi connectivity index (χ0n) is 18.7. The highest BCUT2D eigenvalue weighted by molar-refractivity contribution is 5.17. The molecule has 2 aromatic carbocycles. The van der Waals surface area contributed by atoms with E-state index in [1.165, 1.54) is 44.5 Å². The Kier molecular flexibility index (Phi) is 8.53. The number of rotatable bonds is 11. The van der Waals surface area contributed by atoms with Crippen LogP contribution in [-0.2, 0) is 11.3 Å². The van der Waals surface area contributed by atoms with E-state index >= 15 is 0 Å². The number of ether oxygens (including phenoxy) is 1. The maximum absolute atomic E-state index is 10.6. The van der Waals surface area contributed by atoms with E-state index in [-0.39, 0.29) is 6.10 Å². The normalized spacial score (nSPS) is 23.0. The molecule has 2 fully saturated rings. The minimum Gasteiger partial charge on any atom is -0.387 e. The van der Waals surface area contributed by atoms with Crippen LogP contribution in [0.4, 0.5) is 0 Å². The zero-order chi connectivity index (χ0) is 21.3. The van der Waals surface area contributed by atoms with Crippen LogP contribution in [0.5, 0.6) is 0 Å². The third kappa shape index (κ3) is 7.15. The number of fused-ring (bicyclic) bond motifs is 2. The second-order valence-electron chi connectivity index (χ2n) is 9.47. The summed E-state index contributed by atoms with van der Waals surface area (Å²) < 4.78 is 5.81. The molecule has 0 aliphatic carbocycles. The number of β-amino-alcohol motifs (C(OH)–C–C–N with tert-alkyl or cyclic N) is 1. The van der Waals surface area contributed by atoms with Crippen molar-refractivity contribution in [3.05, 3.63) is 71.8 Å². The van der Waals surface area contributed by atoms with Crippen molar-refractivity contribution < 1.29 is 9.84 Å². The molecule has 4 rings (SSSR count). The van der Waals surface area contributed by atoms with Gasteiger partial charge in [0, 0.05) is 39.3 Å². The van der Waals surface area contributed by atoms with Gasteiger partial charge in [-0.1, -0.05) is 60.7 Å². The van der Waals surface area contributed by atoms with Crippen molar-refractivity contribution >= 4 is 0 Å². The van der Waals surface area contributed by atoms with E-state index in [0.717, 1.165) is 56.7 Å². The molecular formula is C27H38N2O2. The molecule has 2 aliphatic rings. The molecule has 4 heteroatoms. The highest BCUT2D eigenvalue weighted by Crippen LogP contribution is 2.30. The number of hydrogen-bond donors (Lipinski definition) is 1. The first kappa shape index (κ1) is 22.5. The van der Waals surface area contributed by atoms with Crippen LogP contribution in [-0.4, -0.2) is 60.8 Å². The molecule has 2 bridgehead atoms. The quantitative estimate of drug-likeness (QED) is 0.546. The van der Waals surface area contributed by atoms with E-state index in [4.69, 9.17) is 4.74 Å². The SMILES string of the molecule is O[C@@H](CN1CC2C[C@@H](CN(CCCCCOCc3ccccc3)C2)C1)c1ccccc1. The summed E-state index contributed by atoms with van der Waals surface area (Å²) in [6.45, 7) is 8.27. The summed E-state index contributed by atoms with van der Waals surface area (Å²) in [6, 6.07) is 20.5. The molecule has 2 heterocycles. The smallest absolute Gasteiger partial charge is 0.0916 e. The van der Waals surface area contributed by atoms with Gasteiger partial charge in [0.15, 0.2) is 0 Å². The highest BCUT2D eigenvalue weighted by Gasteiger charge is 2.34. The fraction of sp³-hybridized carbons (Fsp3) is 0.556. The van der Waals surface area contributed by atoms with Crippen LogP contribution in [0.25, 0.3) is 0 Å². The molecule has 0 saturated carbocycles. The maximum Gasteiger partial charge on any atom is 0.0916 e. The van der Waals surface area contributed by atoms with Gasteiger partial charge in [-0.05, 0) is 55.2 Å². The summed E-state index contributed by atoms with van der Waals surface area (Å²) >= 11 is 0. The van der Waals surface area contributed by atoms with Crippen LogP contribution in [0.15, 0.2) is 60.7 Å². The number of hydrogen-bond acceptors (Lipinski definition) is 4. The molecule has 2 saturated heterocycles. The Hall–Kier alpha value is -1.72. The van der Waals surface area contributed by atoms with Gasteiger partial charge in [-0.3, -0.25) is 4.90 Å².